The summed E-state index contributed by atoms with van der Waals surface area (Å²) in [6, 6.07) is 4.73. The summed E-state index contributed by atoms with van der Waals surface area (Å²) in [5.74, 6) is -1.82. The second-order valence-corrected chi connectivity index (χ2v) is 10.9. The smallest absolute Gasteiger partial charge is 0.390 e. The van der Waals surface area contributed by atoms with Gasteiger partial charge in [-0.05, 0) is 12.5 Å². The fraction of sp³-hybridized carbons (Fsp3) is 0.593. The van der Waals surface area contributed by atoms with Crippen LogP contribution in [0.15, 0.2) is 40.8 Å². The summed E-state index contributed by atoms with van der Waals surface area (Å²) in [4.78, 5) is 11.7. The van der Waals surface area contributed by atoms with Crippen molar-refractivity contribution in [2.45, 2.75) is 70.4 Å². The summed E-state index contributed by atoms with van der Waals surface area (Å²) in [6.45, 7) is 1.66. The number of unbranched alkanes of at least 4 members (excludes halogenated alkanes) is 6. The first-order valence-corrected chi connectivity index (χ1v) is 15.4. The molecule has 1 aromatic carbocycles. The molecule has 0 saturated carbocycles. The molecule has 0 fully saturated rings. The highest BCUT2D eigenvalue weighted by Crippen LogP contribution is 2.55. The van der Waals surface area contributed by atoms with Crippen molar-refractivity contribution in [1.82, 2.24) is 14.8 Å². The maximum absolute atomic E-state index is 15.3. The van der Waals surface area contributed by atoms with E-state index in [0.717, 1.165) is 44.1 Å². The number of ether oxygens (including phenoxy) is 1. The minimum absolute atomic E-state index is 0.0924. The first kappa shape index (κ1) is 35.1. The highest BCUT2D eigenvalue weighted by atomic mass is 31.2. The Kier molecular flexibility index (Phi) is 16.7. The van der Waals surface area contributed by atoms with Gasteiger partial charge in [0.25, 0.3) is 0 Å². The van der Waals surface area contributed by atoms with Crippen molar-refractivity contribution in [3.8, 4) is 6.07 Å². The van der Waals surface area contributed by atoms with Crippen LogP contribution < -0.4 is 5.73 Å². The molecular formula is C27H40F2N7O5P. The van der Waals surface area contributed by atoms with Gasteiger partial charge in [-0.15, -0.1) is 0 Å². The van der Waals surface area contributed by atoms with E-state index in [1.807, 2.05) is 6.07 Å². The first-order chi connectivity index (χ1) is 20.4. The zero-order chi connectivity index (χ0) is 30.5. The first-order valence-electron chi connectivity index (χ1n) is 13.9. The van der Waals surface area contributed by atoms with Crippen LogP contribution in [0.5, 0.6) is 0 Å². The average Bonchev–Trinajstić information content (AvgIpc) is 3.47. The molecule has 0 bridgehead atoms. The molecule has 2 unspecified atom stereocenters. The van der Waals surface area contributed by atoms with E-state index in [9.17, 15) is 8.96 Å². The van der Waals surface area contributed by atoms with Crippen LogP contribution in [0.3, 0.4) is 0 Å². The zero-order valence-electron chi connectivity index (χ0n) is 23.9. The second kappa shape index (κ2) is 19.9. The van der Waals surface area contributed by atoms with Crippen molar-refractivity contribution >= 4 is 20.5 Å². The van der Waals surface area contributed by atoms with Crippen LogP contribution in [0.4, 0.5) is 8.78 Å². The molecule has 0 amide bonds. The lowest BCUT2D eigenvalue weighted by molar-refractivity contribution is -0.0115. The molecule has 1 heterocycles. The third-order valence-electron chi connectivity index (χ3n) is 6.01. The summed E-state index contributed by atoms with van der Waals surface area (Å²) in [7, 11) is -4.51. The van der Waals surface area contributed by atoms with E-state index < -0.39 is 25.1 Å². The van der Waals surface area contributed by atoms with Crippen molar-refractivity contribution in [3.63, 3.8) is 0 Å². The van der Waals surface area contributed by atoms with Crippen molar-refractivity contribution in [2.24, 2.45) is 15.7 Å². The largest absolute Gasteiger partial charge is 0.475 e. The summed E-state index contributed by atoms with van der Waals surface area (Å²) >= 11 is 0. The average molecular weight is 612 g/mol. The van der Waals surface area contributed by atoms with Gasteiger partial charge in [0.15, 0.2) is 0 Å². The Morgan fingerprint density at radius 1 is 1.12 bits per heavy atom. The predicted octanol–water partition coefficient (Wildman–Crippen LogP) is 5.31. The third-order valence-corrected chi connectivity index (χ3v) is 7.58. The predicted molar refractivity (Wildman–Crippen MR) is 154 cm³/mol. The van der Waals surface area contributed by atoms with Gasteiger partial charge in [0.05, 0.1) is 51.7 Å². The van der Waals surface area contributed by atoms with E-state index >= 15 is 4.39 Å². The third kappa shape index (κ3) is 12.8. The van der Waals surface area contributed by atoms with E-state index in [1.54, 1.807) is 0 Å². The maximum atomic E-state index is 15.3. The number of phosphoric ester groups is 1. The molecule has 0 spiro atoms. The van der Waals surface area contributed by atoms with Crippen molar-refractivity contribution < 1.29 is 31.7 Å². The minimum atomic E-state index is -4.51. The van der Waals surface area contributed by atoms with Crippen molar-refractivity contribution in [1.29, 1.82) is 5.26 Å². The molecule has 0 saturated heterocycles. The highest BCUT2D eigenvalue weighted by molar-refractivity contribution is 7.48. The van der Waals surface area contributed by atoms with Crippen LogP contribution in [0, 0.1) is 23.0 Å². The molecule has 2 atom stereocenters. The Hall–Kier alpha value is -3.08. The Balaban J connectivity index is 2.24. The topological polar surface area (TPSA) is 159 Å². The summed E-state index contributed by atoms with van der Waals surface area (Å²) in [5, 5.41) is 13.0. The van der Waals surface area contributed by atoms with Gasteiger partial charge < -0.3 is 10.5 Å². The number of nitrogens with two attached hydrogens (primary N) is 1. The van der Waals surface area contributed by atoms with Gasteiger partial charge >= 0.3 is 7.82 Å². The summed E-state index contributed by atoms with van der Waals surface area (Å²) < 4.78 is 67.1. The number of nitriles is 1. The van der Waals surface area contributed by atoms with Crippen molar-refractivity contribution in [3.05, 3.63) is 48.1 Å². The Morgan fingerprint density at radius 2 is 1.88 bits per heavy atom. The lowest BCUT2D eigenvalue weighted by atomic mass is 9.93. The molecule has 0 radical (unpaired) electrons. The van der Waals surface area contributed by atoms with Gasteiger partial charge in [0, 0.05) is 18.2 Å². The number of aliphatic imine (C=N–C) groups is 2. The van der Waals surface area contributed by atoms with E-state index in [1.165, 1.54) is 43.0 Å². The van der Waals surface area contributed by atoms with Crippen LogP contribution in [0.2, 0.25) is 0 Å². The number of nitrogens with zero attached hydrogens (tertiary/aromatic N) is 6. The SMILES string of the molecule is CCCCCCCCCOCCOP(=O)(OCCC#N)OC(CN=CN=CN)(Cn1cncn1)c1ccc(F)cc1F. The molecule has 0 aliphatic carbocycles. The molecule has 2 aromatic rings. The normalized spacial score (nSPS) is 14.7. The lowest BCUT2D eigenvalue weighted by Crippen LogP contribution is -2.39. The zero-order valence-corrected chi connectivity index (χ0v) is 24.8. The van der Waals surface area contributed by atoms with E-state index in [4.69, 9.17) is 29.3 Å². The lowest BCUT2D eigenvalue weighted by Gasteiger charge is -2.35. The Labute approximate surface area is 245 Å². The van der Waals surface area contributed by atoms with Crippen molar-refractivity contribution in [2.75, 3.05) is 33.0 Å². The number of hydrogen-bond acceptors (Lipinski definition) is 9. The number of benzene rings is 1. The van der Waals surface area contributed by atoms with Gasteiger partial charge in [0.2, 0.25) is 0 Å². The quantitative estimate of drug-likeness (QED) is 0.0761. The Bertz CT molecular complexity index is 1180. The van der Waals surface area contributed by atoms with E-state index in [2.05, 4.69) is 27.0 Å². The van der Waals surface area contributed by atoms with Crippen LogP contribution in [0.1, 0.15) is 63.9 Å². The molecule has 1 aromatic heterocycles. The summed E-state index contributed by atoms with van der Waals surface area (Å²) in [5.41, 5.74) is 3.17. The van der Waals surface area contributed by atoms with Gasteiger partial charge in [-0.1, -0.05) is 51.5 Å². The van der Waals surface area contributed by atoms with Crippen LogP contribution in [-0.4, -0.2) is 60.4 Å². The summed E-state index contributed by atoms with van der Waals surface area (Å²) in [6.07, 6.45) is 12.5. The number of hydrogen-bond donors (Lipinski definition) is 1. The van der Waals surface area contributed by atoms with E-state index in [-0.39, 0.29) is 44.9 Å². The molecular weight excluding hydrogens is 571 g/mol. The van der Waals surface area contributed by atoms with Crippen LogP contribution >= 0.6 is 7.82 Å². The van der Waals surface area contributed by atoms with Gasteiger partial charge in [-0.25, -0.2) is 28.0 Å². The fourth-order valence-corrected chi connectivity index (χ4v) is 5.45. The molecule has 15 heteroatoms. The van der Waals surface area contributed by atoms with Gasteiger partial charge in [0.1, 0.15) is 36.2 Å². The van der Waals surface area contributed by atoms with Crippen LogP contribution in [-0.2, 0) is 35.0 Å². The molecule has 12 nitrogen and oxygen atoms in total. The highest BCUT2D eigenvalue weighted by Gasteiger charge is 2.45. The number of aromatic nitrogens is 3. The number of rotatable bonds is 23. The van der Waals surface area contributed by atoms with Crippen LogP contribution in [0.25, 0.3) is 0 Å². The molecule has 232 valence electrons. The molecule has 2 N–H and O–H groups in total. The number of phosphoric acid groups is 1. The van der Waals surface area contributed by atoms with Gasteiger partial charge in [-0.2, -0.15) is 10.4 Å². The van der Waals surface area contributed by atoms with Gasteiger partial charge in [-0.3, -0.25) is 18.6 Å². The second-order valence-electron chi connectivity index (χ2n) is 9.31. The van der Waals surface area contributed by atoms with E-state index in [0.29, 0.717) is 12.7 Å². The molecule has 0 aliphatic rings. The fourth-order valence-electron chi connectivity index (χ4n) is 4.01. The standard InChI is InChI=1S/C27H40F2N7O5P/c1-2-3-4-5-6-7-8-13-38-15-16-40-42(37,39-14-9-12-30)41-27(18-32-21-33-20-31,19-36-23-34-22-35-36)25-11-10-24(28)17-26(25)29/h10-11,17,20-23H,2-9,13-16,18-19H2,1H3,(H2,31,32,33). The molecule has 42 heavy (non-hydrogen) atoms. The monoisotopic (exact) mass is 611 g/mol. The molecule has 2 rings (SSSR count). The minimum Gasteiger partial charge on any atom is -0.390 e. The molecule has 0 aliphatic heterocycles. The maximum Gasteiger partial charge on any atom is 0.475 e. The Morgan fingerprint density at radius 3 is 2.57 bits per heavy atom. The number of halogens is 2.